The number of carbonyl (C=O) groups excluding carboxylic acids is 1. The first-order valence-electron chi connectivity index (χ1n) is 5.41. The average molecular weight is 308 g/mol. The van der Waals surface area contributed by atoms with Gasteiger partial charge in [0.05, 0.1) is 23.6 Å². The Morgan fingerprint density at radius 3 is 2.60 bits per heavy atom. The lowest BCUT2D eigenvalue weighted by Gasteiger charge is -2.14. The van der Waals surface area contributed by atoms with E-state index in [1.807, 2.05) is 0 Å². The number of carbonyl (C=O) groups is 1. The molecule has 0 saturated heterocycles. The number of nitriles is 1. The SMILES string of the molecule is CCOC(=O)Cc1c(OC(F)(F)F)ccc(Cl)c1C#N. The van der Waals surface area contributed by atoms with Gasteiger partial charge in [-0.15, -0.1) is 13.2 Å². The topological polar surface area (TPSA) is 59.3 Å². The van der Waals surface area contributed by atoms with Gasteiger partial charge in [0.1, 0.15) is 11.8 Å². The Labute approximate surface area is 117 Å². The standard InChI is InChI=1S/C12H9ClF3NO3/c1-2-19-11(18)5-7-8(6-17)9(13)3-4-10(7)20-12(14,15)16/h3-4H,2,5H2,1H3. The van der Waals surface area contributed by atoms with Crippen LogP contribution in [0.5, 0.6) is 5.75 Å². The minimum Gasteiger partial charge on any atom is -0.466 e. The number of rotatable bonds is 4. The van der Waals surface area contributed by atoms with Gasteiger partial charge in [-0.25, -0.2) is 0 Å². The van der Waals surface area contributed by atoms with Gasteiger partial charge in [0.2, 0.25) is 0 Å². The van der Waals surface area contributed by atoms with Crippen molar-refractivity contribution >= 4 is 17.6 Å². The highest BCUT2D eigenvalue weighted by molar-refractivity contribution is 6.31. The molecule has 0 unspecified atom stereocenters. The number of alkyl halides is 3. The zero-order chi connectivity index (χ0) is 15.3. The molecule has 8 heteroatoms. The first-order chi connectivity index (χ1) is 9.28. The second-order valence-corrected chi connectivity index (χ2v) is 3.95. The molecule has 0 heterocycles. The Kier molecular flexibility index (Phi) is 5.22. The van der Waals surface area contributed by atoms with Crippen LogP contribution < -0.4 is 4.74 Å². The first-order valence-corrected chi connectivity index (χ1v) is 5.79. The third-order valence-corrected chi connectivity index (χ3v) is 2.50. The van der Waals surface area contributed by atoms with Crippen LogP contribution in [0.4, 0.5) is 13.2 Å². The van der Waals surface area contributed by atoms with Crippen LogP contribution in [-0.2, 0) is 16.0 Å². The molecule has 1 aromatic rings. The fraction of sp³-hybridized carbons (Fsp3) is 0.333. The summed E-state index contributed by atoms with van der Waals surface area (Å²) in [4.78, 5) is 11.4. The highest BCUT2D eigenvalue weighted by Gasteiger charge is 2.33. The number of ether oxygens (including phenoxy) is 2. The highest BCUT2D eigenvalue weighted by Crippen LogP contribution is 2.32. The second kappa shape index (κ2) is 6.48. The highest BCUT2D eigenvalue weighted by atomic mass is 35.5. The monoisotopic (exact) mass is 307 g/mol. The lowest BCUT2D eigenvalue weighted by Crippen LogP contribution is -2.19. The van der Waals surface area contributed by atoms with Crippen molar-refractivity contribution in [2.24, 2.45) is 0 Å². The number of benzene rings is 1. The number of hydrogen-bond acceptors (Lipinski definition) is 4. The molecule has 0 amide bonds. The van der Waals surface area contributed by atoms with Gasteiger partial charge < -0.3 is 9.47 Å². The van der Waals surface area contributed by atoms with Crippen molar-refractivity contribution in [3.63, 3.8) is 0 Å². The Balaban J connectivity index is 3.24. The van der Waals surface area contributed by atoms with Gasteiger partial charge in [-0.3, -0.25) is 4.79 Å². The number of halogens is 4. The summed E-state index contributed by atoms with van der Waals surface area (Å²) in [5.74, 6) is -1.43. The Hall–Kier alpha value is -1.94. The maximum absolute atomic E-state index is 12.3. The number of esters is 1. The molecule has 0 aromatic heterocycles. The van der Waals surface area contributed by atoms with E-state index in [9.17, 15) is 18.0 Å². The summed E-state index contributed by atoms with van der Waals surface area (Å²) in [6, 6.07) is 3.69. The molecule has 0 fully saturated rings. The zero-order valence-electron chi connectivity index (χ0n) is 10.3. The van der Waals surface area contributed by atoms with Gasteiger partial charge in [-0.1, -0.05) is 11.6 Å². The fourth-order valence-corrected chi connectivity index (χ4v) is 1.69. The fourth-order valence-electron chi connectivity index (χ4n) is 1.47. The van der Waals surface area contributed by atoms with Crippen molar-refractivity contribution in [2.75, 3.05) is 6.61 Å². The van der Waals surface area contributed by atoms with Crippen LogP contribution in [-0.4, -0.2) is 18.9 Å². The summed E-state index contributed by atoms with van der Waals surface area (Å²) in [7, 11) is 0. The predicted molar refractivity (Wildman–Crippen MR) is 63.2 cm³/mol. The van der Waals surface area contributed by atoms with Crippen molar-refractivity contribution in [3.05, 3.63) is 28.3 Å². The van der Waals surface area contributed by atoms with Crippen molar-refractivity contribution in [1.82, 2.24) is 0 Å². The molecule has 0 N–H and O–H groups in total. The minimum absolute atomic E-state index is 0.0662. The molecule has 108 valence electrons. The van der Waals surface area contributed by atoms with Crippen LogP contribution in [0.3, 0.4) is 0 Å². The number of nitrogens with zero attached hydrogens (tertiary/aromatic N) is 1. The third kappa shape index (κ3) is 4.31. The van der Waals surface area contributed by atoms with E-state index < -0.39 is 24.5 Å². The van der Waals surface area contributed by atoms with E-state index in [2.05, 4.69) is 9.47 Å². The Morgan fingerprint density at radius 2 is 2.10 bits per heavy atom. The molecule has 0 bridgehead atoms. The second-order valence-electron chi connectivity index (χ2n) is 3.54. The van der Waals surface area contributed by atoms with E-state index in [0.29, 0.717) is 0 Å². The molecule has 20 heavy (non-hydrogen) atoms. The first kappa shape index (κ1) is 16.1. The summed E-state index contributed by atoms with van der Waals surface area (Å²) in [6.07, 6.45) is -5.48. The molecular formula is C12H9ClF3NO3. The number of hydrogen-bond donors (Lipinski definition) is 0. The zero-order valence-corrected chi connectivity index (χ0v) is 11.0. The molecule has 0 aliphatic heterocycles. The Bertz CT molecular complexity index is 552. The molecule has 0 radical (unpaired) electrons. The van der Waals surface area contributed by atoms with Crippen LogP contribution in [0, 0.1) is 11.3 Å². The van der Waals surface area contributed by atoms with Crippen LogP contribution in [0.2, 0.25) is 5.02 Å². The molecule has 1 rings (SSSR count). The van der Waals surface area contributed by atoms with Crippen molar-refractivity contribution in [2.45, 2.75) is 19.7 Å². The van der Waals surface area contributed by atoms with Crippen LogP contribution in [0.15, 0.2) is 12.1 Å². The molecule has 0 aliphatic carbocycles. The van der Waals surface area contributed by atoms with E-state index >= 15 is 0 Å². The summed E-state index contributed by atoms with van der Waals surface area (Å²) >= 11 is 5.72. The largest absolute Gasteiger partial charge is 0.573 e. The van der Waals surface area contributed by atoms with Crippen molar-refractivity contribution in [3.8, 4) is 11.8 Å². The van der Waals surface area contributed by atoms with E-state index in [1.165, 1.54) is 0 Å². The summed E-state index contributed by atoms with van der Waals surface area (Å²) < 4.78 is 45.3. The Morgan fingerprint density at radius 1 is 1.45 bits per heavy atom. The normalized spacial score (nSPS) is 10.8. The van der Waals surface area contributed by atoms with E-state index in [4.69, 9.17) is 16.9 Å². The van der Waals surface area contributed by atoms with Crippen molar-refractivity contribution < 1.29 is 27.4 Å². The molecule has 1 aromatic carbocycles. The van der Waals surface area contributed by atoms with Gasteiger partial charge in [0.25, 0.3) is 0 Å². The quantitative estimate of drug-likeness (QED) is 0.801. The van der Waals surface area contributed by atoms with Gasteiger partial charge in [-0.2, -0.15) is 5.26 Å². The lowest BCUT2D eigenvalue weighted by atomic mass is 10.0. The van der Waals surface area contributed by atoms with Gasteiger partial charge in [0.15, 0.2) is 0 Å². The molecule has 0 saturated carbocycles. The van der Waals surface area contributed by atoms with E-state index in [0.717, 1.165) is 12.1 Å². The van der Waals surface area contributed by atoms with Crippen LogP contribution >= 0.6 is 11.6 Å². The summed E-state index contributed by atoms with van der Waals surface area (Å²) in [5.41, 5.74) is -0.503. The molecule has 0 spiro atoms. The predicted octanol–water partition coefficient (Wildman–Crippen LogP) is 3.22. The molecule has 0 aliphatic rings. The molecule has 0 atom stereocenters. The minimum atomic E-state index is -4.94. The lowest BCUT2D eigenvalue weighted by molar-refractivity contribution is -0.274. The smallest absolute Gasteiger partial charge is 0.466 e. The van der Waals surface area contributed by atoms with Crippen LogP contribution in [0.25, 0.3) is 0 Å². The van der Waals surface area contributed by atoms with Gasteiger partial charge in [-0.05, 0) is 19.1 Å². The molecule has 4 nitrogen and oxygen atoms in total. The van der Waals surface area contributed by atoms with Gasteiger partial charge in [0, 0.05) is 5.56 Å². The van der Waals surface area contributed by atoms with E-state index in [-0.39, 0.29) is 22.8 Å². The van der Waals surface area contributed by atoms with Crippen LogP contribution in [0.1, 0.15) is 18.1 Å². The maximum atomic E-state index is 12.3. The summed E-state index contributed by atoms with van der Waals surface area (Å²) in [5, 5.41) is 8.87. The third-order valence-electron chi connectivity index (χ3n) is 2.18. The van der Waals surface area contributed by atoms with E-state index in [1.54, 1.807) is 13.0 Å². The molecular weight excluding hydrogens is 299 g/mol. The maximum Gasteiger partial charge on any atom is 0.573 e. The average Bonchev–Trinajstić information content (AvgIpc) is 2.32. The van der Waals surface area contributed by atoms with Gasteiger partial charge >= 0.3 is 12.3 Å². The van der Waals surface area contributed by atoms with Crippen molar-refractivity contribution in [1.29, 1.82) is 5.26 Å². The summed E-state index contributed by atoms with van der Waals surface area (Å²) in [6.45, 7) is 1.62.